The molecule has 6 heteroatoms. The molecular formula is C18H22N2O4. The molecule has 0 aliphatic carbocycles. The molecule has 0 aliphatic heterocycles. The smallest absolute Gasteiger partial charge is 0.239 e. The van der Waals surface area contributed by atoms with Crippen LogP contribution >= 0.6 is 0 Å². The molecule has 0 saturated carbocycles. The van der Waals surface area contributed by atoms with Gasteiger partial charge in [0.15, 0.2) is 0 Å². The van der Waals surface area contributed by atoms with Crippen LogP contribution in [0.3, 0.4) is 0 Å². The van der Waals surface area contributed by atoms with Crippen LogP contribution in [0.15, 0.2) is 42.5 Å². The zero-order chi connectivity index (χ0) is 17.4. The zero-order valence-electron chi connectivity index (χ0n) is 14.1. The van der Waals surface area contributed by atoms with Crippen molar-refractivity contribution >= 4 is 11.6 Å². The Balaban J connectivity index is 1.84. The highest BCUT2D eigenvalue weighted by Gasteiger charge is 2.07. The summed E-state index contributed by atoms with van der Waals surface area (Å²) in [6.45, 7) is 0.614. The number of hydrogen-bond donors (Lipinski definition) is 2. The Morgan fingerprint density at radius 2 is 1.58 bits per heavy atom. The lowest BCUT2D eigenvalue weighted by molar-refractivity contribution is -0.119. The van der Waals surface area contributed by atoms with Crippen molar-refractivity contribution in [3.05, 3.63) is 48.0 Å². The summed E-state index contributed by atoms with van der Waals surface area (Å²) in [5.41, 5.74) is 1.74. The highest BCUT2D eigenvalue weighted by atomic mass is 16.5. The molecule has 0 aliphatic rings. The Labute approximate surface area is 141 Å². The summed E-state index contributed by atoms with van der Waals surface area (Å²) in [4.78, 5) is 12.0. The Bertz CT molecular complexity index is 671. The quantitative estimate of drug-likeness (QED) is 0.778. The van der Waals surface area contributed by atoms with E-state index in [4.69, 9.17) is 14.2 Å². The standard InChI is InChI=1S/C18H22N2O4/c1-22-14-6-4-13(5-7-14)11-20-18(21)12-19-16-9-8-15(23-2)10-17(16)24-3/h4-10,19H,11-12H2,1-3H3,(H,20,21). The second-order valence-electron chi connectivity index (χ2n) is 5.04. The van der Waals surface area contributed by atoms with E-state index >= 15 is 0 Å². The Hall–Kier alpha value is -2.89. The molecule has 0 bridgehead atoms. The van der Waals surface area contributed by atoms with Gasteiger partial charge in [-0.25, -0.2) is 0 Å². The highest BCUT2D eigenvalue weighted by molar-refractivity contribution is 5.81. The molecule has 2 rings (SSSR count). The van der Waals surface area contributed by atoms with E-state index in [2.05, 4.69) is 10.6 Å². The fraction of sp³-hybridized carbons (Fsp3) is 0.278. The minimum absolute atomic E-state index is 0.108. The predicted molar refractivity (Wildman–Crippen MR) is 92.9 cm³/mol. The number of amides is 1. The molecule has 2 N–H and O–H groups in total. The Morgan fingerprint density at radius 1 is 0.917 bits per heavy atom. The number of rotatable bonds is 8. The molecule has 1 amide bonds. The number of methoxy groups -OCH3 is 3. The Kier molecular flexibility index (Phi) is 6.31. The van der Waals surface area contributed by atoms with Crippen molar-refractivity contribution in [1.82, 2.24) is 5.32 Å². The number of anilines is 1. The third-order valence-corrected chi connectivity index (χ3v) is 3.50. The summed E-state index contributed by atoms with van der Waals surface area (Å²) < 4.78 is 15.5. The van der Waals surface area contributed by atoms with Gasteiger partial charge in [0.1, 0.15) is 17.2 Å². The average Bonchev–Trinajstić information content (AvgIpc) is 2.64. The third kappa shape index (κ3) is 4.81. The largest absolute Gasteiger partial charge is 0.497 e. The summed E-state index contributed by atoms with van der Waals surface area (Å²) in [7, 11) is 4.79. The summed E-state index contributed by atoms with van der Waals surface area (Å²) in [6.07, 6.45) is 0. The summed E-state index contributed by atoms with van der Waals surface area (Å²) in [6, 6.07) is 12.9. The van der Waals surface area contributed by atoms with Crippen molar-refractivity contribution < 1.29 is 19.0 Å². The van der Waals surface area contributed by atoms with Crippen molar-refractivity contribution in [1.29, 1.82) is 0 Å². The van der Waals surface area contributed by atoms with Crippen molar-refractivity contribution in [2.24, 2.45) is 0 Å². The normalized spacial score (nSPS) is 9.96. The molecule has 6 nitrogen and oxygen atoms in total. The fourth-order valence-electron chi connectivity index (χ4n) is 2.13. The van der Waals surface area contributed by atoms with Gasteiger partial charge in [-0.1, -0.05) is 12.1 Å². The lowest BCUT2D eigenvalue weighted by atomic mass is 10.2. The number of hydrogen-bond acceptors (Lipinski definition) is 5. The van der Waals surface area contributed by atoms with E-state index in [0.717, 1.165) is 17.0 Å². The van der Waals surface area contributed by atoms with Crippen LogP contribution in [0, 0.1) is 0 Å². The molecular weight excluding hydrogens is 308 g/mol. The maximum atomic E-state index is 12.0. The van der Waals surface area contributed by atoms with Gasteiger partial charge in [0, 0.05) is 12.6 Å². The molecule has 0 atom stereocenters. The molecule has 24 heavy (non-hydrogen) atoms. The first-order valence-corrected chi connectivity index (χ1v) is 7.51. The minimum Gasteiger partial charge on any atom is -0.497 e. The van der Waals surface area contributed by atoms with Gasteiger partial charge in [-0.3, -0.25) is 4.79 Å². The fourth-order valence-corrected chi connectivity index (χ4v) is 2.13. The molecule has 2 aromatic carbocycles. The first kappa shape index (κ1) is 17.5. The summed E-state index contributed by atoms with van der Waals surface area (Å²) in [5.74, 6) is 2.00. The third-order valence-electron chi connectivity index (χ3n) is 3.50. The highest BCUT2D eigenvalue weighted by Crippen LogP contribution is 2.28. The number of nitrogens with one attached hydrogen (secondary N) is 2. The van der Waals surface area contributed by atoms with Crippen LogP contribution in [0.1, 0.15) is 5.56 Å². The maximum absolute atomic E-state index is 12.0. The van der Waals surface area contributed by atoms with Crippen LogP contribution in [0.4, 0.5) is 5.69 Å². The maximum Gasteiger partial charge on any atom is 0.239 e. The monoisotopic (exact) mass is 330 g/mol. The van der Waals surface area contributed by atoms with Gasteiger partial charge in [-0.05, 0) is 29.8 Å². The summed E-state index contributed by atoms with van der Waals surface area (Å²) >= 11 is 0. The first-order chi connectivity index (χ1) is 11.7. The molecule has 0 spiro atoms. The second kappa shape index (κ2) is 8.67. The summed E-state index contributed by atoms with van der Waals surface area (Å²) in [5, 5.41) is 5.92. The first-order valence-electron chi connectivity index (χ1n) is 7.51. The molecule has 2 aromatic rings. The van der Waals surface area contributed by atoms with Gasteiger partial charge in [0.2, 0.25) is 5.91 Å². The van der Waals surface area contributed by atoms with Crippen molar-refractivity contribution in [2.45, 2.75) is 6.54 Å². The van der Waals surface area contributed by atoms with E-state index in [1.807, 2.05) is 30.3 Å². The number of ether oxygens (including phenoxy) is 3. The molecule has 0 heterocycles. The van der Waals surface area contributed by atoms with Crippen LogP contribution in [0.2, 0.25) is 0 Å². The molecule has 0 saturated heterocycles. The van der Waals surface area contributed by atoms with Crippen LogP contribution < -0.4 is 24.8 Å². The van der Waals surface area contributed by atoms with Gasteiger partial charge in [0.05, 0.1) is 33.6 Å². The SMILES string of the molecule is COc1ccc(CNC(=O)CNc2ccc(OC)cc2OC)cc1. The lowest BCUT2D eigenvalue weighted by Crippen LogP contribution is -2.29. The molecule has 0 aromatic heterocycles. The number of benzene rings is 2. The van der Waals surface area contributed by atoms with Gasteiger partial charge >= 0.3 is 0 Å². The second-order valence-corrected chi connectivity index (χ2v) is 5.04. The van der Waals surface area contributed by atoms with E-state index in [1.165, 1.54) is 0 Å². The van der Waals surface area contributed by atoms with E-state index in [-0.39, 0.29) is 12.5 Å². The molecule has 128 valence electrons. The zero-order valence-corrected chi connectivity index (χ0v) is 14.1. The van der Waals surface area contributed by atoms with Crippen molar-refractivity contribution in [3.63, 3.8) is 0 Å². The average molecular weight is 330 g/mol. The lowest BCUT2D eigenvalue weighted by Gasteiger charge is -2.12. The van der Waals surface area contributed by atoms with Gasteiger partial charge in [0.25, 0.3) is 0 Å². The van der Waals surface area contributed by atoms with E-state index in [0.29, 0.717) is 18.0 Å². The van der Waals surface area contributed by atoms with Crippen LogP contribution in [0.25, 0.3) is 0 Å². The minimum atomic E-state index is -0.108. The number of carbonyl (C=O) groups is 1. The van der Waals surface area contributed by atoms with Gasteiger partial charge in [-0.2, -0.15) is 0 Å². The van der Waals surface area contributed by atoms with Crippen molar-refractivity contribution in [3.8, 4) is 17.2 Å². The Morgan fingerprint density at radius 3 is 2.21 bits per heavy atom. The van der Waals surface area contributed by atoms with Crippen LogP contribution in [0.5, 0.6) is 17.2 Å². The van der Waals surface area contributed by atoms with E-state index in [9.17, 15) is 4.79 Å². The van der Waals surface area contributed by atoms with Crippen LogP contribution in [-0.2, 0) is 11.3 Å². The topological polar surface area (TPSA) is 68.8 Å². The molecule has 0 unspecified atom stereocenters. The van der Waals surface area contributed by atoms with E-state index < -0.39 is 0 Å². The van der Waals surface area contributed by atoms with E-state index in [1.54, 1.807) is 33.5 Å². The van der Waals surface area contributed by atoms with Crippen molar-refractivity contribution in [2.75, 3.05) is 33.2 Å². The number of carbonyl (C=O) groups excluding carboxylic acids is 1. The molecule has 0 radical (unpaired) electrons. The van der Waals surface area contributed by atoms with Gasteiger partial charge in [-0.15, -0.1) is 0 Å². The predicted octanol–water partition coefficient (Wildman–Crippen LogP) is 2.44. The van der Waals surface area contributed by atoms with Gasteiger partial charge < -0.3 is 24.8 Å². The molecule has 0 fully saturated rings. The van der Waals surface area contributed by atoms with Crippen LogP contribution in [-0.4, -0.2) is 33.8 Å².